The zero-order valence-corrected chi connectivity index (χ0v) is 13.4. The molecule has 3 N–H and O–H groups in total. The van der Waals surface area contributed by atoms with Gasteiger partial charge in [-0.2, -0.15) is 0 Å². The van der Waals surface area contributed by atoms with Gasteiger partial charge in [0, 0.05) is 23.5 Å². The number of nitrogens with one attached hydrogen (secondary N) is 1. The molecule has 2 heterocycles. The molecular weight excluding hydrogens is 282 g/mol. The van der Waals surface area contributed by atoms with E-state index in [2.05, 4.69) is 37.1 Å². The fraction of sp³-hybridized carbons (Fsp3) is 0.375. The van der Waals surface area contributed by atoms with Crippen LogP contribution in [0.1, 0.15) is 52.7 Å². The van der Waals surface area contributed by atoms with Crippen LogP contribution in [-0.4, -0.2) is 17.4 Å². The predicted octanol–water partition coefficient (Wildman–Crippen LogP) is 3.58. The van der Waals surface area contributed by atoms with E-state index in [9.17, 15) is 4.79 Å². The van der Waals surface area contributed by atoms with Crippen LogP contribution in [-0.2, 0) is 0 Å². The van der Waals surface area contributed by atoms with Crippen molar-refractivity contribution < 1.29 is 4.79 Å². The van der Waals surface area contributed by atoms with Crippen LogP contribution in [0.25, 0.3) is 0 Å². The van der Waals surface area contributed by atoms with Crippen LogP contribution >= 0.6 is 11.3 Å². The van der Waals surface area contributed by atoms with E-state index < -0.39 is 0 Å². The molecule has 4 nitrogen and oxygen atoms in total. The zero-order chi connectivity index (χ0) is 15.4. The maximum Gasteiger partial charge on any atom is 0.258 e. The lowest BCUT2D eigenvalue weighted by molar-refractivity contribution is 0.100. The highest BCUT2D eigenvalue weighted by Crippen LogP contribution is 2.25. The zero-order valence-electron chi connectivity index (χ0n) is 12.6. The van der Waals surface area contributed by atoms with Crippen molar-refractivity contribution in [2.45, 2.75) is 32.6 Å². The van der Waals surface area contributed by atoms with Crippen LogP contribution < -0.4 is 11.1 Å². The summed E-state index contributed by atoms with van der Waals surface area (Å²) < 4.78 is 0. The lowest BCUT2D eigenvalue weighted by Gasteiger charge is -2.12. The molecule has 5 heteroatoms. The molecule has 0 spiro atoms. The van der Waals surface area contributed by atoms with Crippen LogP contribution in [0.3, 0.4) is 0 Å². The first-order valence-corrected chi connectivity index (χ1v) is 7.88. The van der Waals surface area contributed by atoms with Gasteiger partial charge in [-0.1, -0.05) is 26.8 Å². The van der Waals surface area contributed by atoms with Crippen molar-refractivity contribution in [3.63, 3.8) is 0 Å². The minimum atomic E-state index is -0.364. The molecule has 0 radical (unpaired) electrons. The molecule has 0 bridgehead atoms. The number of hydrogen-bond donors (Lipinski definition) is 2. The molecule has 0 saturated heterocycles. The van der Waals surface area contributed by atoms with Gasteiger partial charge in [0.1, 0.15) is 5.82 Å². The highest BCUT2D eigenvalue weighted by molar-refractivity contribution is 7.14. The average Bonchev–Trinajstić information content (AvgIpc) is 2.95. The smallest absolute Gasteiger partial charge is 0.258 e. The largest absolute Gasteiger partial charge is 0.369 e. The maximum absolute atomic E-state index is 11.1. The monoisotopic (exact) mass is 303 g/mol. The van der Waals surface area contributed by atoms with Gasteiger partial charge in [0.15, 0.2) is 0 Å². The molecule has 1 unspecified atom stereocenters. The number of carbonyl (C=O) groups is 1. The van der Waals surface area contributed by atoms with Crippen molar-refractivity contribution in [2.75, 3.05) is 11.9 Å². The van der Waals surface area contributed by atoms with E-state index in [4.69, 9.17) is 5.73 Å². The quantitative estimate of drug-likeness (QED) is 0.857. The highest BCUT2D eigenvalue weighted by Gasteiger charge is 2.11. The van der Waals surface area contributed by atoms with Crippen LogP contribution in [0.4, 0.5) is 5.82 Å². The Labute approximate surface area is 129 Å². The number of primary amides is 1. The van der Waals surface area contributed by atoms with Crippen LogP contribution in [0.15, 0.2) is 30.5 Å². The van der Waals surface area contributed by atoms with E-state index in [0.29, 0.717) is 16.7 Å². The number of pyridine rings is 1. The Morgan fingerprint density at radius 1 is 1.29 bits per heavy atom. The molecule has 0 aliphatic carbocycles. The van der Waals surface area contributed by atoms with E-state index >= 15 is 0 Å². The summed E-state index contributed by atoms with van der Waals surface area (Å²) in [7, 11) is 0. The molecule has 112 valence electrons. The van der Waals surface area contributed by atoms with Gasteiger partial charge < -0.3 is 11.1 Å². The number of thiophene rings is 1. The van der Waals surface area contributed by atoms with Gasteiger partial charge in [-0.05, 0) is 29.7 Å². The number of anilines is 1. The summed E-state index contributed by atoms with van der Waals surface area (Å²) in [6.45, 7) is 7.19. The van der Waals surface area contributed by atoms with Crippen molar-refractivity contribution >= 4 is 23.1 Å². The third-order valence-corrected chi connectivity index (χ3v) is 4.73. The van der Waals surface area contributed by atoms with Crippen LogP contribution in [0.2, 0.25) is 0 Å². The normalized spacial score (nSPS) is 12.4. The summed E-state index contributed by atoms with van der Waals surface area (Å²) in [6, 6.07) is 7.85. The molecule has 0 aliphatic rings. The number of amides is 1. The Hall–Kier alpha value is -1.88. The topological polar surface area (TPSA) is 68.0 Å². The van der Waals surface area contributed by atoms with Crippen LogP contribution in [0, 0.1) is 0 Å². The van der Waals surface area contributed by atoms with Gasteiger partial charge >= 0.3 is 0 Å². The van der Waals surface area contributed by atoms with Crippen molar-refractivity contribution in [1.82, 2.24) is 4.98 Å². The van der Waals surface area contributed by atoms with Gasteiger partial charge in [0.25, 0.3) is 5.91 Å². The highest BCUT2D eigenvalue weighted by atomic mass is 32.1. The van der Waals surface area contributed by atoms with E-state index in [1.54, 1.807) is 6.07 Å². The lowest BCUT2D eigenvalue weighted by Crippen LogP contribution is -2.10. The first-order valence-electron chi connectivity index (χ1n) is 7.06. The van der Waals surface area contributed by atoms with Crippen LogP contribution in [0.5, 0.6) is 0 Å². The van der Waals surface area contributed by atoms with Gasteiger partial charge in [-0.15, -0.1) is 11.3 Å². The van der Waals surface area contributed by atoms with Gasteiger partial charge in [-0.25, -0.2) is 4.98 Å². The number of hydrogen-bond acceptors (Lipinski definition) is 4. The van der Waals surface area contributed by atoms with E-state index in [1.165, 1.54) is 16.9 Å². The number of rotatable bonds is 6. The molecule has 2 aromatic rings. The summed E-state index contributed by atoms with van der Waals surface area (Å²) in [5.41, 5.74) is 6.51. The fourth-order valence-corrected chi connectivity index (χ4v) is 2.87. The third kappa shape index (κ3) is 4.04. The number of nitrogens with two attached hydrogens (primary N) is 1. The first kappa shape index (κ1) is 15.5. The number of aromatic nitrogens is 1. The summed E-state index contributed by atoms with van der Waals surface area (Å²) >= 11 is 1.46. The van der Waals surface area contributed by atoms with Gasteiger partial charge in [0.2, 0.25) is 0 Å². The van der Waals surface area contributed by atoms with E-state index in [1.807, 2.05) is 18.3 Å². The molecule has 0 aromatic carbocycles. The Bertz CT molecular complexity index is 604. The molecule has 1 atom stereocenters. The van der Waals surface area contributed by atoms with Crippen molar-refractivity contribution in [3.05, 3.63) is 45.8 Å². The lowest BCUT2D eigenvalue weighted by atomic mass is 10.1. The Morgan fingerprint density at radius 3 is 2.57 bits per heavy atom. The van der Waals surface area contributed by atoms with E-state index in [0.717, 1.165) is 17.2 Å². The number of nitrogens with zero attached hydrogens (tertiary/aromatic N) is 1. The van der Waals surface area contributed by atoms with Gasteiger partial charge in [-0.3, -0.25) is 4.79 Å². The van der Waals surface area contributed by atoms with Crippen molar-refractivity contribution in [1.29, 1.82) is 0 Å². The van der Waals surface area contributed by atoms with Gasteiger partial charge in [0.05, 0.1) is 4.88 Å². The molecule has 0 saturated carbocycles. The summed E-state index contributed by atoms with van der Waals surface area (Å²) in [4.78, 5) is 17.3. The fourth-order valence-electron chi connectivity index (χ4n) is 1.96. The second-order valence-corrected chi connectivity index (χ2v) is 6.60. The molecule has 0 aliphatic heterocycles. The molecule has 21 heavy (non-hydrogen) atoms. The minimum absolute atomic E-state index is 0.301. The standard InChI is InChI=1S/C16H21N3OS/c1-10(2)12-4-7-15(19-9-12)18-8-11(3)13-5-6-14(21-13)16(17)20/h4-7,9-11H,8H2,1-3H3,(H2,17,20)(H,18,19). The Morgan fingerprint density at radius 2 is 2.05 bits per heavy atom. The second kappa shape index (κ2) is 6.72. The maximum atomic E-state index is 11.1. The molecule has 1 amide bonds. The van der Waals surface area contributed by atoms with E-state index in [-0.39, 0.29) is 5.91 Å². The summed E-state index contributed by atoms with van der Waals surface area (Å²) in [5, 5.41) is 3.33. The minimum Gasteiger partial charge on any atom is -0.369 e. The SMILES string of the molecule is CC(C)c1ccc(NCC(C)c2ccc(C(N)=O)s2)nc1. The Balaban J connectivity index is 1.93. The second-order valence-electron chi connectivity index (χ2n) is 5.48. The first-order chi connectivity index (χ1) is 9.97. The van der Waals surface area contributed by atoms with Crippen molar-refractivity contribution in [2.24, 2.45) is 5.73 Å². The van der Waals surface area contributed by atoms with Crippen molar-refractivity contribution in [3.8, 4) is 0 Å². The summed E-state index contributed by atoms with van der Waals surface area (Å²) in [6.07, 6.45) is 1.91. The molecule has 2 aromatic heterocycles. The molecule has 2 rings (SSSR count). The molecule has 0 fully saturated rings. The number of carbonyl (C=O) groups excluding carboxylic acids is 1. The molecular formula is C16H21N3OS. The Kier molecular flexibility index (Phi) is 4.96. The third-order valence-electron chi connectivity index (χ3n) is 3.40. The average molecular weight is 303 g/mol. The summed E-state index contributed by atoms with van der Waals surface area (Å²) in [5.74, 6) is 1.30. The predicted molar refractivity (Wildman–Crippen MR) is 88.1 cm³/mol.